The maximum absolute atomic E-state index is 13.1. The quantitative estimate of drug-likeness (QED) is 0.0253. The van der Waals surface area contributed by atoms with Crippen LogP contribution in [0.5, 0.6) is 0 Å². The Morgan fingerprint density at radius 2 is 0.540 bits per heavy atom. The second kappa shape index (κ2) is 42.4. The maximum Gasteiger partial charge on any atom is 0.490 e. The van der Waals surface area contributed by atoms with Gasteiger partial charge in [-0.15, -0.1) is 0 Å². The summed E-state index contributed by atoms with van der Waals surface area (Å²) in [6, 6.07) is -15.6. The zero-order chi connectivity index (χ0) is 67.5. The monoisotopic (exact) mass is 1350 g/mol. The van der Waals surface area contributed by atoms with Crippen LogP contribution in [0.1, 0.15) is 64.2 Å². The molecule has 0 aliphatic rings. The first-order valence-corrected chi connectivity index (χ1v) is 28.0. The highest BCUT2D eigenvalue weighted by molar-refractivity contribution is 7.81. The van der Waals surface area contributed by atoms with Crippen molar-refractivity contribution in [3.05, 3.63) is 0 Å². The smallest absolute Gasteiger partial charge is 0.480 e. The summed E-state index contributed by atoms with van der Waals surface area (Å²) in [5, 5.41) is 85.3. The summed E-state index contributed by atoms with van der Waals surface area (Å²) >= 11 is 19.8. The summed E-state index contributed by atoms with van der Waals surface area (Å²) in [7, 11) is 0. The molecule has 0 aromatic carbocycles. The number of thiol groups is 5. The van der Waals surface area contributed by atoms with E-state index >= 15 is 0 Å². The largest absolute Gasteiger partial charge is 0.490 e. The molecule has 87 heavy (non-hydrogen) atoms. The van der Waals surface area contributed by atoms with Crippen molar-refractivity contribution in [3.63, 3.8) is 0 Å². The lowest BCUT2D eigenvalue weighted by molar-refractivity contribution is -0.192. The number of alkyl halides is 3. The number of hydrogen-bond donors (Lipinski definition) is 23. The Kier molecular flexibility index (Phi) is 39.7. The molecule has 0 aromatic rings. The number of nitrogens with two attached hydrogens (primary N) is 1. The van der Waals surface area contributed by atoms with E-state index in [9.17, 15) is 110 Å². The number of nitrogens with one attached hydrogen (secondary N) is 10. The van der Waals surface area contributed by atoms with Crippen LogP contribution < -0.4 is 58.9 Å². The molecule has 0 rings (SSSR count). The van der Waals surface area contributed by atoms with Crippen molar-refractivity contribution in [2.75, 3.05) is 35.3 Å². The van der Waals surface area contributed by atoms with Gasteiger partial charge in [0, 0.05) is 60.9 Å². The van der Waals surface area contributed by atoms with Crippen molar-refractivity contribution >= 4 is 164 Å². The molecule has 10 atom stereocenters. The highest BCUT2D eigenvalue weighted by atomic mass is 32.1. The van der Waals surface area contributed by atoms with Gasteiger partial charge in [0.15, 0.2) is 0 Å². The van der Waals surface area contributed by atoms with E-state index in [0.29, 0.717) is 0 Å². The lowest BCUT2D eigenvalue weighted by Gasteiger charge is -2.22. The van der Waals surface area contributed by atoms with Crippen LogP contribution in [0.4, 0.5) is 13.2 Å². The molecule has 0 aliphatic heterocycles. The van der Waals surface area contributed by atoms with Crippen molar-refractivity contribution in [1.82, 2.24) is 53.2 Å². The number of carbonyl (C=O) groups excluding carboxylic acids is 10. The predicted molar refractivity (Wildman–Crippen MR) is 303 cm³/mol. The number of carboxylic acids is 7. The molecule has 0 spiro atoms. The van der Waals surface area contributed by atoms with Gasteiger partial charge in [0.25, 0.3) is 0 Å². The first kappa shape index (κ1) is 81.6. The number of halogens is 3. The normalized spacial score (nSPS) is 14.3. The summed E-state index contributed by atoms with van der Waals surface area (Å²) < 4.78 is 31.7. The minimum Gasteiger partial charge on any atom is -0.480 e. The lowest BCUT2D eigenvalue weighted by Crippen LogP contribution is -2.54. The number of aliphatic carboxylic acids is 7. The molecule has 0 aliphatic carbocycles. The fourth-order valence-electron chi connectivity index (χ4n) is 6.22. The van der Waals surface area contributed by atoms with Crippen LogP contribution in [0.3, 0.4) is 0 Å². The number of hydrogen-bond acceptors (Lipinski definition) is 23. The second-order valence-corrected chi connectivity index (χ2v) is 19.5. The van der Waals surface area contributed by atoms with Crippen LogP contribution in [0.25, 0.3) is 0 Å². The number of rotatable bonds is 41. The van der Waals surface area contributed by atoms with Crippen LogP contribution in [-0.2, 0) is 81.5 Å². The Morgan fingerprint density at radius 3 is 0.713 bits per heavy atom. The van der Waals surface area contributed by atoms with Crippen molar-refractivity contribution in [3.8, 4) is 0 Å². The number of carboxylic acid groups (broad SMARTS) is 7. The van der Waals surface area contributed by atoms with Gasteiger partial charge >= 0.3 is 48.0 Å². The Labute approximate surface area is 517 Å². The van der Waals surface area contributed by atoms with E-state index in [1.807, 2.05) is 5.32 Å². The fraction of sp³-hybridized carbons (Fsp3) is 0.614. The molecule has 19 N–H and O–H groups in total. The number of amides is 10. The topological polar surface area (TPSA) is 578 Å². The van der Waals surface area contributed by atoms with E-state index in [0.717, 1.165) is 0 Å². The first-order valence-electron chi connectivity index (χ1n) is 24.8. The molecule has 0 bridgehead atoms. The molecule has 0 saturated heterocycles. The minimum absolute atomic E-state index is 0.252. The fourth-order valence-corrected chi connectivity index (χ4v) is 7.51. The third kappa shape index (κ3) is 35.0. The summed E-state index contributed by atoms with van der Waals surface area (Å²) in [6.07, 6.45) is -10.6. The molecule has 0 aromatic heterocycles. The zero-order valence-corrected chi connectivity index (χ0v) is 49.6. The highest BCUT2D eigenvalue weighted by Gasteiger charge is 2.38. The molecular weight excluding hydrogens is 1280 g/mol. The Bertz CT molecular complexity index is 2490. The number of carbonyl (C=O) groups is 17. The molecule has 35 nitrogen and oxygen atoms in total. The van der Waals surface area contributed by atoms with E-state index in [-0.39, 0.29) is 24.3 Å². The predicted octanol–water partition coefficient (Wildman–Crippen LogP) is -6.52. The van der Waals surface area contributed by atoms with Gasteiger partial charge in [-0.3, -0.25) is 57.5 Å². The van der Waals surface area contributed by atoms with Gasteiger partial charge in [0.1, 0.15) is 67.0 Å². The average Bonchev–Trinajstić information content (AvgIpc) is 3.44. The van der Waals surface area contributed by atoms with Crippen LogP contribution >= 0.6 is 63.1 Å². The molecule has 0 fully saturated rings. The van der Waals surface area contributed by atoms with Gasteiger partial charge in [-0.25, -0.2) is 24.0 Å². The molecule has 10 amide bonds. The third-order valence-corrected chi connectivity index (χ3v) is 12.8. The first-order chi connectivity index (χ1) is 40.4. The van der Waals surface area contributed by atoms with Crippen molar-refractivity contribution in [1.29, 1.82) is 0 Å². The van der Waals surface area contributed by atoms with Gasteiger partial charge in [0.05, 0.1) is 0 Å². The highest BCUT2D eigenvalue weighted by Crippen LogP contribution is 2.13. The van der Waals surface area contributed by atoms with Crippen LogP contribution in [0, 0.1) is 0 Å². The summed E-state index contributed by atoms with van der Waals surface area (Å²) in [4.78, 5) is 205. The van der Waals surface area contributed by atoms with Crippen LogP contribution in [-0.4, -0.2) is 239 Å². The molecule has 0 saturated carbocycles. The molecule has 0 radical (unpaired) electrons. The van der Waals surface area contributed by atoms with Gasteiger partial charge in [-0.1, -0.05) is 0 Å². The van der Waals surface area contributed by atoms with Gasteiger partial charge < -0.3 is 94.6 Å². The minimum atomic E-state index is -5.08. The molecule has 492 valence electrons. The summed E-state index contributed by atoms with van der Waals surface area (Å²) in [5.74, 6) is -23.6. The van der Waals surface area contributed by atoms with Crippen molar-refractivity contribution < 1.29 is 130 Å². The summed E-state index contributed by atoms with van der Waals surface area (Å²) in [5.41, 5.74) is 5.36. The second-order valence-electron chi connectivity index (χ2n) is 17.7. The van der Waals surface area contributed by atoms with Crippen LogP contribution in [0.15, 0.2) is 0 Å². The SMILES string of the molecule is N[C@@H](CCC(=O)N[C@@H](CS)C(=O)N[C@@H](CCC(=O)N[C@@H](CS)C(=O)N[C@@H](CCC(=O)N[C@@H](CS)C(=O)N[C@@H](CCC(=O)N[C@@H](CS)C(=O)N[C@@H](CCC(=O)N[C@@H](CS)C(=O)NCC(=O)O)C(=O)O)C(=O)O)C(=O)O)C(=O)O)C(=O)O.O=C(O)C(F)(F)F. The van der Waals surface area contributed by atoms with Crippen molar-refractivity contribution in [2.24, 2.45) is 5.73 Å². The average molecular weight is 1350 g/mol. The van der Waals surface area contributed by atoms with E-state index in [4.69, 9.17) is 25.8 Å². The van der Waals surface area contributed by atoms with Gasteiger partial charge in [-0.2, -0.15) is 76.3 Å². The van der Waals surface area contributed by atoms with E-state index < -0.39 is 243 Å². The van der Waals surface area contributed by atoms with E-state index in [2.05, 4.69) is 111 Å². The molecular formula is C44H66F3N11O24S5. The van der Waals surface area contributed by atoms with E-state index in [1.54, 1.807) is 0 Å². The van der Waals surface area contributed by atoms with Crippen LogP contribution in [0.2, 0.25) is 0 Å². The van der Waals surface area contributed by atoms with Gasteiger partial charge in [0.2, 0.25) is 59.1 Å². The zero-order valence-electron chi connectivity index (χ0n) is 45.1. The summed E-state index contributed by atoms with van der Waals surface area (Å²) in [6.45, 7) is -0.748. The Morgan fingerprint density at radius 1 is 0.333 bits per heavy atom. The Hall–Kier alpha value is -7.51. The standard InChI is InChI=1S/C42H65N11O22S5.C2HF3O2/c43-17(38(66)67)1-6-27(54)46-23(13-77)34(62)50-19(40(70)71)3-8-29(56)48-25(15-79)36(64)52-21(42(74)75)5-10-31(58)49-26(16-80)37(65)53-20(41(72)73)4-9-30(57)47-24(14-78)35(63)51-18(39(68)69)2-7-28(55)45-22(12-76)33(61)44-11-32(59)60;3-2(4,5)1(6)7/h17-26,76-80H,1-16,43H2,(H,44,61)(H,45,55)(H,46,54)(H,47,57)(H,48,56)(H,49,58)(H,50,62)(H,51,63)(H,52,64)(H,53,65)(H,59,60)(H,66,67)(H,68,69)(H,70,71)(H,72,73)(H,74,75);(H,6,7)/t17-,18-,19-,20-,21-,22-,23-,24-,25-,26-;/m0./s1. The molecule has 0 heterocycles. The molecule has 0 unspecified atom stereocenters. The third-order valence-electron chi connectivity index (χ3n) is 10.9. The van der Waals surface area contributed by atoms with E-state index in [1.165, 1.54) is 0 Å². The van der Waals surface area contributed by atoms with Gasteiger partial charge in [-0.05, 0) is 32.1 Å². The Balaban J connectivity index is 0. The van der Waals surface area contributed by atoms with Crippen molar-refractivity contribution in [2.45, 2.75) is 131 Å². The molecule has 43 heteroatoms. The maximum atomic E-state index is 13.1. The lowest BCUT2D eigenvalue weighted by atomic mass is 10.1.